The lowest BCUT2D eigenvalue weighted by Crippen LogP contribution is -2.53. The Morgan fingerprint density at radius 2 is 1.83 bits per heavy atom. The lowest BCUT2D eigenvalue weighted by atomic mass is 9.90. The highest BCUT2D eigenvalue weighted by Gasteiger charge is 2.41. The largest absolute Gasteiger partial charge is 0.491 e. The monoisotopic (exact) mass is 392 g/mol. The highest BCUT2D eigenvalue weighted by atomic mass is 16.5. The number of ether oxygens (including phenoxy) is 1. The van der Waals surface area contributed by atoms with Crippen LogP contribution < -0.4 is 10.1 Å². The number of rotatable bonds is 4. The summed E-state index contributed by atoms with van der Waals surface area (Å²) in [6.07, 6.45) is 1.68. The Hall–Kier alpha value is -2.86. The van der Waals surface area contributed by atoms with Crippen LogP contribution in [0.1, 0.15) is 41.7 Å². The van der Waals surface area contributed by atoms with Crippen molar-refractivity contribution in [1.82, 2.24) is 10.2 Å². The van der Waals surface area contributed by atoms with Gasteiger partial charge in [0, 0.05) is 12.1 Å². The first-order chi connectivity index (χ1) is 14.1. The van der Waals surface area contributed by atoms with Gasteiger partial charge in [-0.15, -0.1) is 0 Å². The van der Waals surface area contributed by atoms with Gasteiger partial charge in [-0.2, -0.15) is 0 Å². The number of benzene rings is 2. The number of fused-ring (bicyclic) bond motifs is 2. The first kappa shape index (κ1) is 18.2. The average molecular weight is 392 g/mol. The maximum atomic E-state index is 13.4. The first-order valence-electron chi connectivity index (χ1n) is 10.2. The van der Waals surface area contributed by atoms with E-state index in [2.05, 4.69) is 5.32 Å². The molecule has 2 N–H and O–H groups in total. The number of aliphatic hydroxyl groups is 1. The summed E-state index contributed by atoms with van der Waals surface area (Å²) in [5, 5.41) is 13.7. The van der Waals surface area contributed by atoms with Crippen LogP contribution in [0.4, 0.5) is 0 Å². The topological polar surface area (TPSA) is 78.9 Å². The maximum Gasteiger partial charge on any atom is 0.247 e. The minimum atomic E-state index is -0.852. The molecule has 0 radical (unpaired) electrons. The summed E-state index contributed by atoms with van der Waals surface area (Å²) >= 11 is 0. The van der Waals surface area contributed by atoms with E-state index in [9.17, 15) is 14.7 Å². The van der Waals surface area contributed by atoms with Crippen LogP contribution in [-0.2, 0) is 16.0 Å². The molecule has 2 amide bonds. The van der Waals surface area contributed by atoms with Crippen LogP contribution in [0.15, 0.2) is 48.5 Å². The van der Waals surface area contributed by atoms with Crippen LogP contribution in [-0.4, -0.2) is 41.0 Å². The number of nitrogens with zero attached hydrogens (tertiary/aromatic N) is 1. The van der Waals surface area contributed by atoms with Crippen molar-refractivity contribution in [3.63, 3.8) is 0 Å². The molecule has 150 valence electrons. The molecule has 3 atom stereocenters. The van der Waals surface area contributed by atoms with E-state index in [1.807, 2.05) is 42.5 Å². The highest BCUT2D eigenvalue weighted by Crippen LogP contribution is 2.37. The molecule has 29 heavy (non-hydrogen) atoms. The Labute approximate surface area is 169 Å². The lowest BCUT2D eigenvalue weighted by Gasteiger charge is -2.38. The van der Waals surface area contributed by atoms with Crippen LogP contribution in [0.25, 0.3) is 0 Å². The van der Waals surface area contributed by atoms with E-state index in [4.69, 9.17) is 4.74 Å². The van der Waals surface area contributed by atoms with Crippen molar-refractivity contribution in [2.45, 2.75) is 37.5 Å². The normalized spacial score (nSPS) is 25.6. The molecule has 2 unspecified atom stereocenters. The fraction of sp³-hybridized carbons (Fsp3) is 0.391. The standard InChI is InChI=1S/C23H24N2O4/c26-20-11-15-5-1-2-6-16(15)21(25(20)12-14-9-10-14)23(28)24-18-13-29-19-8-4-3-7-17(19)22(18)27/h1-8,14,18,21-22,27H,9-13H2,(H,24,28)/t18?,21-,22?/m0/s1. The molecular weight excluding hydrogens is 368 g/mol. The van der Waals surface area contributed by atoms with Gasteiger partial charge in [-0.3, -0.25) is 9.59 Å². The number of hydrogen-bond acceptors (Lipinski definition) is 4. The van der Waals surface area contributed by atoms with Crippen molar-refractivity contribution in [2.75, 3.05) is 13.2 Å². The van der Waals surface area contributed by atoms with Crippen LogP contribution >= 0.6 is 0 Å². The SMILES string of the molecule is O=C(NC1COc2ccccc2C1O)[C@@H]1c2ccccc2CC(=O)N1CC1CC1. The molecule has 2 aliphatic heterocycles. The second kappa shape index (κ2) is 7.19. The number of nitrogens with one attached hydrogen (secondary N) is 1. The molecule has 2 aromatic rings. The van der Waals surface area contributed by atoms with Gasteiger partial charge in [0.15, 0.2) is 0 Å². The summed E-state index contributed by atoms with van der Waals surface area (Å²) in [5.74, 6) is 0.841. The Morgan fingerprint density at radius 3 is 2.62 bits per heavy atom. The van der Waals surface area contributed by atoms with Crippen molar-refractivity contribution in [3.8, 4) is 5.75 Å². The summed E-state index contributed by atoms with van der Waals surface area (Å²) in [6, 6.07) is 13.7. The predicted octanol–water partition coefficient (Wildman–Crippen LogP) is 2.13. The molecule has 1 aliphatic carbocycles. The molecule has 6 nitrogen and oxygen atoms in total. The molecule has 1 saturated carbocycles. The molecule has 2 aromatic carbocycles. The number of amides is 2. The van der Waals surface area contributed by atoms with Crippen molar-refractivity contribution in [1.29, 1.82) is 0 Å². The second-order valence-corrected chi connectivity index (χ2v) is 8.18. The molecular formula is C23H24N2O4. The summed E-state index contributed by atoms with van der Waals surface area (Å²) in [6.45, 7) is 0.798. The molecule has 0 spiro atoms. The molecule has 0 saturated heterocycles. The molecule has 3 aliphatic rings. The fourth-order valence-electron chi connectivity index (χ4n) is 4.33. The van der Waals surface area contributed by atoms with Crippen LogP contribution in [0.2, 0.25) is 0 Å². The van der Waals surface area contributed by atoms with Gasteiger partial charge in [-0.05, 0) is 36.0 Å². The number of carbonyl (C=O) groups is 2. The molecule has 0 bridgehead atoms. The Morgan fingerprint density at radius 1 is 1.10 bits per heavy atom. The number of carbonyl (C=O) groups excluding carboxylic acids is 2. The minimum absolute atomic E-state index is 0.0125. The van der Waals surface area contributed by atoms with E-state index in [1.54, 1.807) is 11.0 Å². The second-order valence-electron chi connectivity index (χ2n) is 8.18. The van der Waals surface area contributed by atoms with Crippen LogP contribution in [0, 0.1) is 5.92 Å². The third-order valence-electron chi connectivity index (χ3n) is 6.09. The van der Waals surface area contributed by atoms with Gasteiger partial charge in [-0.25, -0.2) is 0 Å². The zero-order chi connectivity index (χ0) is 20.0. The lowest BCUT2D eigenvalue weighted by molar-refractivity contribution is -0.142. The van der Waals surface area contributed by atoms with E-state index in [0.29, 0.717) is 30.2 Å². The Bertz CT molecular complexity index is 955. The number of aliphatic hydroxyl groups excluding tert-OH is 1. The van der Waals surface area contributed by atoms with Gasteiger partial charge in [0.2, 0.25) is 11.8 Å². The number of hydrogen-bond donors (Lipinski definition) is 2. The van der Waals surface area contributed by atoms with Gasteiger partial charge < -0.3 is 20.1 Å². The van der Waals surface area contributed by atoms with E-state index >= 15 is 0 Å². The van der Waals surface area contributed by atoms with Crippen LogP contribution in [0.5, 0.6) is 5.75 Å². The Kier molecular flexibility index (Phi) is 4.51. The molecule has 6 heteroatoms. The summed E-state index contributed by atoms with van der Waals surface area (Å²) in [7, 11) is 0. The van der Waals surface area contributed by atoms with E-state index in [-0.39, 0.29) is 18.4 Å². The van der Waals surface area contributed by atoms with Gasteiger partial charge >= 0.3 is 0 Å². The van der Waals surface area contributed by atoms with Gasteiger partial charge in [0.05, 0.1) is 12.5 Å². The average Bonchev–Trinajstić information content (AvgIpc) is 3.55. The fourth-order valence-corrected chi connectivity index (χ4v) is 4.33. The third kappa shape index (κ3) is 3.38. The van der Waals surface area contributed by atoms with E-state index in [1.165, 1.54) is 0 Å². The third-order valence-corrected chi connectivity index (χ3v) is 6.09. The molecule has 0 aromatic heterocycles. The van der Waals surface area contributed by atoms with Crippen LogP contribution in [0.3, 0.4) is 0 Å². The smallest absolute Gasteiger partial charge is 0.247 e. The van der Waals surface area contributed by atoms with Crippen molar-refractivity contribution in [3.05, 3.63) is 65.2 Å². The van der Waals surface area contributed by atoms with E-state index < -0.39 is 18.2 Å². The zero-order valence-corrected chi connectivity index (χ0v) is 16.1. The van der Waals surface area contributed by atoms with Crippen molar-refractivity contribution >= 4 is 11.8 Å². The van der Waals surface area contributed by atoms with Crippen molar-refractivity contribution in [2.24, 2.45) is 5.92 Å². The highest BCUT2D eigenvalue weighted by molar-refractivity contribution is 5.92. The first-order valence-corrected chi connectivity index (χ1v) is 10.2. The van der Waals surface area contributed by atoms with Gasteiger partial charge in [0.25, 0.3) is 0 Å². The number of para-hydroxylation sites is 1. The minimum Gasteiger partial charge on any atom is -0.491 e. The summed E-state index contributed by atoms with van der Waals surface area (Å²) < 4.78 is 5.73. The maximum absolute atomic E-state index is 13.4. The zero-order valence-electron chi connectivity index (χ0n) is 16.1. The summed E-state index contributed by atoms with van der Waals surface area (Å²) in [5.41, 5.74) is 2.44. The molecule has 5 rings (SSSR count). The predicted molar refractivity (Wildman–Crippen MR) is 106 cm³/mol. The van der Waals surface area contributed by atoms with Crippen molar-refractivity contribution < 1.29 is 19.4 Å². The quantitative estimate of drug-likeness (QED) is 0.836. The van der Waals surface area contributed by atoms with Gasteiger partial charge in [-0.1, -0.05) is 42.5 Å². The van der Waals surface area contributed by atoms with E-state index in [0.717, 1.165) is 24.0 Å². The molecule has 1 fully saturated rings. The summed E-state index contributed by atoms with van der Waals surface area (Å²) in [4.78, 5) is 27.9. The Balaban J connectivity index is 1.41. The molecule has 2 heterocycles. The van der Waals surface area contributed by atoms with Gasteiger partial charge in [0.1, 0.15) is 24.5 Å².